The average Bonchev–Trinajstić information content (AvgIpc) is 2.38. The van der Waals surface area contributed by atoms with E-state index < -0.39 is 12.1 Å². The molecule has 5 nitrogen and oxygen atoms in total. The van der Waals surface area contributed by atoms with Crippen LogP contribution in [-0.2, 0) is 32.3 Å². The Hall–Kier alpha value is -0.742. The van der Waals surface area contributed by atoms with Crippen LogP contribution in [0, 0.1) is 6.04 Å². The van der Waals surface area contributed by atoms with Crippen molar-refractivity contribution >= 4 is 5.97 Å². The zero-order chi connectivity index (χ0) is 13.5. The summed E-state index contributed by atoms with van der Waals surface area (Å²) in [4.78, 5) is 10.6. The number of aliphatic hydroxyl groups is 1. The Morgan fingerprint density at radius 2 is 1.95 bits per heavy atom. The molecule has 0 aliphatic rings. The molecule has 0 spiro atoms. The van der Waals surface area contributed by atoms with Gasteiger partial charge >= 0.3 is 0 Å². The first kappa shape index (κ1) is 21.6. The van der Waals surface area contributed by atoms with Gasteiger partial charge in [0.1, 0.15) is 5.75 Å². The second-order valence-electron chi connectivity index (χ2n) is 4.09. The summed E-state index contributed by atoms with van der Waals surface area (Å²) in [6, 6.07) is 7.52. The summed E-state index contributed by atoms with van der Waals surface area (Å²) < 4.78 is 5.05. The van der Waals surface area contributed by atoms with Crippen LogP contribution < -0.4 is 22.9 Å². The van der Waals surface area contributed by atoms with Crippen LogP contribution in [0.4, 0.5) is 0 Å². The normalized spacial score (nSPS) is 10.8. The number of methoxy groups -OCH3 is 1. The van der Waals surface area contributed by atoms with Crippen molar-refractivity contribution in [3.8, 4) is 5.75 Å². The minimum Gasteiger partial charge on any atom is -1.00 e. The Kier molecular flexibility index (Phi) is 11.8. The zero-order valence-corrected chi connectivity index (χ0v) is 14.9. The number of halogens is 1. The number of carboxylic acid groups (broad SMARTS) is 1. The van der Waals surface area contributed by atoms with Gasteiger partial charge in [0.2, 0.25) is 5.97 Å². The standard InChI is InChI=1S/C13H19NO4.ClH.W/c1-18-10-7-5-9(6-8-10)3-2-4-11(15)12(14)13(16)17;;/h5-8,11,15H,2-4H2,1,14H3,(H,16,17);1H;/p-1. The Morgan fingerprint density at radius 1 is 1.40 bits per heavy atom. The fraction of sp³-hybridized carbons (Fsp3) is 0.385. The van der Waals surface area contributed by atoms with Gasteiger partial charge in [0.05, 0.1) is 7.11 Å². The molecule has 1 aromatic carbocycles. The van der Waals surface area contributed by atoms with Gasteiger partial charge < -0.3 is 33.1 Å². The van der Waals surface area contributed by atoms with Gasteiger partial charge in [-0.2, -0.15) is 0 Å². The Balaban J connectivity index is 0. The average molecular weight is 473 g/mol. The third-order valence-corrected chi connectivity index (χ3v) is 2.78. The molecule has 0 fully saturated rings. The molecule has 1 aromatic rings. The number of carboxylic acids is 1. The van der Waals surface area contributed by atoms with E-state index in [1.807, 2.05) is 24.3 Å². The third-order valence-electron chi connectivity index (χ3n) is 2.78. The zero-order valence-electron chi connectivity index (χ0n) is 11.2. The Morgan fingerprint density at radius 3 is 2.40 bits per heavy atom. The fourth-order valence-corrected chi connectivity index (χ4v) is 1.61. The summed E-state index contributed by atoms with van der Waals surface area (Å²) in [6.45, 7) is 0. The second kappa shape index (κ2) is 11.0. The van der Waals surface area contributed by atoms with Gasteiger partial charge in [-0.05, 0) is 37.0 Å². The smallest absolute Gasteiger partial charge is 0.222 e. The molecule has 7 heteroatoms. The summed E-state index contributed by atoms with van der Waals surface area (Å²) in [7, 11) is 1.61. The van der Waals surface area contributed by atoms with Crippen molar-refractivity contribution < 1.29 is 59.0 Å². The molecule has 0 aliphatic heterocycles. The van der Waals surface area contributed by atoms with Crippen LogP contribution in [0.1, 0.15) is 18.4 Å². The predicted octanol–water partition coefficient (Wildman–Crippen LogP) is -2.76. The number of quaternary nitrogens is 1. The van der Waals surface area contributed by atoms with E-state index in [9.17, 15) is 9.90 Å². The topological polar surface area (TPSA) is 94.4 Å². The van der Waals surface area contributed by atoms with Gasteiger partial charge in [0.15, 0.2) is 0 Å². The molecule has 0 aromatic heterocycles. The van der Waals surface area contributed by atoms with Gasteiger partial charge in [-0.15, -0.1) is 0 Å². The van der Waals surface area contributed by atoms with Crippen LogP contribution in [0.15, 0.2) is 24.3 Å². The van der Waals surface area contributed by atoms with Crippen LogP contribution in [0.5, 0.6) is 5.75 Å². The molecule has 0 amide bonds. The molecule has 0 radical (unpaired) electrons. The summed E-state index contributed by atoms with van der Waals surface area (Å²) in [5.41, 5.74) is 4.47. The minimum atomic E-state index is -1.15. The van der Waals surface area contributed by atoms with Crippen molar-refractivity contribution in [2.45, 2.75) is 25.4 Å². The predicted molar refractivity (Wildman–Crippen MR) is 65.7 cm³/mol. The van der Waals surface area contributed by atoms with Gasteiger partial charge in [0, 0.05) is 27.2 Å². The van der Waals surface area contributed by atoms with E-state index in [1.165, 1.54) is 0 Å². The number of ether oxygens (including phenoxy) is 1. The largest absolute Gasteiger partial charge is 1.00 e. The minimum absolute atomic E-state index is 0. The number of benzene rings is 1. The monoisotopic (exact) mass is 472 g/mol. The van der Waals surface area contributed by atoms with Crippen LogP contribution in [0.25, 0.3) is 0 Å². The van der Waals surface area contributed by atoms with E-state index >= 15 is 0 Å². The number of aryl methyl sites for hydroxylation is 1. The number of hydrogen-bond acceptors (Lipinski definition) is 3. The molecule has 0 saturated carbocycles. The SMILES string of the molecule is COc1ccc(CCCC(O)[C-]([NH3+])C(=O)O)cc1.[Cl-].[W]. The van der Waals surface area contributed by atoms with E-state index in [-0.39, 0.29) is 39.5 Å². The van der Waals surface area contributed by atoms with Crippen molar-refractivity contribution in [3.63, 3.8) is 0 Å². The molecule has 0 saturated heterocycles. The number of hydrogen-bond donors (Lipinski definition) is 3. The second-order valence-corrected chi connectivity index (χ2v) is 4.09. The first-order valence-corrected chi connectivity index (χ1v) is 5.77. The molecule has 1 unspecified atom stereocenters. The maximum Gasteiger partial charge on any atom is 0.222 e. The number of aliphatic hydroxyl groups excluding tert-OH is 1. The molecule has 1 rings (SSSR count). The molecule has 1 atom stereocenters. The number of carbonyl (C=O) groups is 1. The summed E-state index contributed by atoms with van der Waals surface area (Å²) in [5, 5.41) is 18.2. The Bertz CT molecular complexity index is 388. The van der Waals surface area contributed by atoms with Crippen molar-refractivity contribution in [2.75, 3.05) is 7.11 Å². The maximum atomic E-state index is 10.6. The molecule has 0 bridgehead atoms. The van der Waals surface area contributed by atoms with E-state index in [0.29, 0.717) is 12.8 Å². The van der Waals surface area contributed by atoms with E-state index in [2.05, 4.69) is 5.73 Å². The van der Waals surface area contributed by atoms with Crippen molar-refractivity contribution in [2.24, 2.45) is 0 Å². The van der Waals surface area contributed by atoms with Crippen LogP contribution in [0.2, 0.25) is 0 Å². The number of rotatable bonds is 7. The van der Waals surface area contributed by atoms with Crippen molar-refractivity contribution in [1.29, 1.82) is 0 Å². The summed E-state index contributed by atoms with van der Waals surface area (Å²) in [5.74, 6) is -0.343. The van der Waals surface area contributed by atoms with E-state index in [0.717, 1.165) is 17.7 Å². The first-order valence-electron chi connectivity index (χ1n) is 5.77. The maximum absolute atomic E-state index is 10.6. The molecule has 0 aliphatic carbocycles. The van der Waals surface area contributed by atoms with Gasteiger partial charge in [-0.25, -0.2) is 0 Å². The quantitative estimate of drug-likeness (QED) is 0.375. The molecule has 5 N–H and O–H groups in total. The molecular formula is C13H19ClNO4W-. The summed E-state index contributed by atoms with van der Waals surface area (Å²) >= 11 is 0. The van der Waals surface area contributed by atoms with E-state index in [4.69, 9.17) is 9.84 Å². The van der Waals surface area contributed by atoms with Crippen LogP contribution in [0.3, 0.4) is 0 Å². The number of aliphatic carboxylic acids is 1. The molecule has 114 valence electrons. The van der Waals surface area contributed by atoms with E-state index in [1.54, 1.807) is 7.11 Å². The van der Waals surface area contributed by atoms with Gasteiger partial charge in [-0.3, -0.25) is 4.79 Å². The fourth-order valence-electron chi connectivity index (χ4n) is 1.61. The molecular weight excluding hydrogens is 453 g/mol. The van der Waals surface area contributed by atoms with Gasteiger partial charge in [0.25, 0.3) is 0 Å². The van der Waals surface area contributed by atoms with Gasteiger partial charge in [-0.1, -0.05) is 18.2 Å². The Labute approximate surface area is 139 Å². The van der Waals surface area contributed by atoms with Crippen LogP contribution >= 0.6 is 0 Å². The van der Waals surface area contributed by atoms with Crippen molar-refractivity contribution in [3.05, 3.63) is 35.9 Å². The van der Waals surface area contributed by atoms with Crippen molar-refractivity contribution in [1.82, 2.24) is 0 Å². The third kappa shape index (κ3) is 7.15. The first-order chi connectivity index (χ1) is 8.54. The summed E-state index contributed by atoms with van der Waals surface area (Å²) in [6.07, 6.45) is 0.922. The molecule has 20 heavy (non-hydrogen) atoms. The van der Waals surface area contributed by atoms with Crippen LogP contribution in [-0.4, -0.2) is 29.4 Å². The molecule has 0 heterocycles.